The fourth-order valence-electron chi connectivity index (χ4n) is 2.53. The predicted octanol–water partition coefficient (Wildman–Crippen LogP) is 0.442. The lowest BCUT2D eigenvalue weighted by Gasteiger charge is -2.41. The molecule has 1 saturated heterocycles. The Hall–Kier alpha value is -0.860. The second-order valence-electron chi connectivity index (χ2n) is 5.53. The molecule has 0 aliphatic carbocycles. The van der Waals surface area contributed by atoms with Gasteiger partial charge in [-0.2, -0.15) is 13.2 Å². The Balaban J connectivity index is 2.40. The molecule has 0 aromatic rings. The summed E-state index contributed by atoms with van der Waals surface area (Å²) in [6.45, 7) is 4.96. The summed E-state index contributed by atoms with van der Waals surface area (Å²) in [6, 6.07) is 0.212. The van der Waals surface area contributed by atoms with E-state index in [9.17, 15) is 23.1 Å². The van der Waals surface area contributed by atoms with Crippen LogP contribution in [0, 0.1) is 0 Å². The third-order valence-electron chi connectivity index (χ3n) is 3.51. The normalized spacial score (nSPS) is 23.0. The molecule has 1 fully saturated rings. The van der Waals surface area contributed by atoms with E-state index in [4.69, 9.17) is 0 Å². The molecule has 1 amide bonds. The zero-order valence-electron chi connectivity index (χ0n) is 12.5. The highest BCUT2D eigenvalue weighted by molar-refractivity contribution is 5.78. The van der Waals surface area contributed by atoms with Gasteiger partial charge in [0.1, 0.15) is 6.54 Å². The third kappa shape index (κ3) is 7.10. The van der Waals surface area contributed by atoms with E-state index < -0.39 is 24.7 Å². The molecule has 2 N–H and O–H groups in total. The first kappa shape index (κ1) is 18.2. The summed E-state index contributed by atoms with van der Waals surface area (Å²) in [7, 11) is 0. The summed E-state index contributed by atoms with van der Waals surface area (Å²) < 4.78 is 36.1. The van der Waals surface area contributed by atoms with Gasteiger partial charge in [0.15, 0.2) is 0 Å². The number of β-amino-alcohol motifs (C(OH)–C–C–N with tert-alkyl or cyclic N) is 1. The van der Waals surface area contributed by atoms with Crippen molar-refractivity contribution in [1.82, 2.24) is 15.1 Å². The van der Waals surface area contributed by atoms with E-state index in [1.54, 1.807) is 6.92 Å². The van der Waals surface area contributed by atoms with Gasteiger partial charge in [-0.1, -0.05) is 6.92 Å². The average Bonchev–Trinajstić information content (AvgIpc) is 2.37. The molecule has 1 heterocycles. The minimum Gasteiger partial charge on any atom is -0.392 e. The van der Waals surface area contributed by atoms with E-state index in [0.29, 0.717) is 26.2 Å². The van der Waals surface area contributed by atoms with Gasteiger partial charge in [-0.25, -0.2) is 0 Å². The number of piperazine rings is 1. The third-order valence-corrected chi connectivity index (χ3v) is 3.51. The van der Waals surface area contributed by atoms with Crippen molar-refractivity contribution < 1.29 is 23.1 Å². The monoisotopic (exact) mass is 311 g/mol. The van der Waals surface area contributed by atoms with Crippen LogP contribution in [0.15, 0.2) is 0 Å². The maximum absolute atomic E-state index is 12.0. The number of nitrogens with one attached hydrogen (secondary N) is 1. The molecule has 0 bridgehead atoms. The minimum atomic E-state index is -4.38. The van der Waals surface area contributed by atoms with E-state index in [0.717, 1.165) is 6.42 Å². The molecule has 1 aliphatic heterocycles. The van der Waals surface area contributed by atoms with E-state index in [-0.39, 0.29) is 12.6 Å². The topological polar surface area (TPSA) is 55.8 Å². The molecule has 1 rings (SSSR count). The van der Waals surface area contributed by atoms with Crippen molar-refractivity contribution in [2.24, 2.45) is 0 Å². The zero-order chi connectivity index (χ0) is 16.0. The largest absolute Gasteiger partial charge is 0.405 e. The first-order valence-electron chi connectivity index (χ1n) is 7.19. The number of rotatable bonds is 6. The highest BCUT2D eigenvalue weighted by Gasteiger charge is 2.30. The van der Waals surface area contributed by atoms with Crippen LogP contribution in [-0.2, 0) is 4.79 Å². The van der Waals surface area contributed by atoms with Crippen LogP contribution in [0.25, 0.3) is 0 Å². The van der Waals surface area contributed by atoms with Crippen molar-refractivity contribution in [3.05, 3.63) is 0 Å². The molecule has 2 atom stereocenters. The van der Waals surface area contributed by atoms with Crippen LogP contribution in [0.2, 0.25) is 0 Å². The zero-order valence-corrected chi connectivity index (χ0v) is 12.5. The van der Waals surface area contributed by atoms with Gasteiger partial charge >= 0.3 is 6.18 Å². The van der Waals surface area contributed by atoms with E-state index in [1.807, 2.05) is 17.1 Å². The Kier molecular flexibility index (Phi) is 6.89. The molecular formula is C13H24F3N3O2. The number of carbonyl (C=O) groups excluding carboxylic acids is 1. The van der Waals surface area contributed by atoms with Crippen molar-refractivity contribution in [2.75, 3.05) is 39.3 Å². The minimum absolute atomic E-state index is 0.0188. The summed E-state index contributed by atoms with van der Waals surface area (Å²) in [5, 5.41) is 11.3. The highest BCUT2D eigenvalue weighted by atomic mass is 19.4. The number of aliphatic hydroxyl groups is 1. The molecule has 21 heavy (non-hydrogen) atoms. The SMILES string of the molecule is CCC1CN(CC(=O)NCC(F)(F)F)CCN1CC(C)O. The molecule has 124 valence electrons. The van der Waals surface area contributed by atoms with E-state index >= 15 is 0 Å². The van der Waals surface area contributed by atoms with Gasteiger partial charge in [0.2, 0.25) is 5.91 Å². The predicted molar refractivity (Wildman–Crippen MR) is 72.8 cm³/mol. The van der Waals surface area contributed by atoms with Crippen molar-refractivity contribution in [3.63, 3.8) is 0 Å². The number of amides is 1. The molecule has 1 aliphatic rings. The first-order valence-corrected chi connectivity index (χ1v) is 7.19. The van der Waals surface area contributed by atoms with Gasteiger partial charge in [-0.05, 0) is 13.3 Å². The number of hydrogen-bond acceptors (Lipinski definition) is 4. The Labute approximate surface area is 123 Å². The fraction of sp³-hybridized carbons (Fsp3) is 0.923. The Morgan fingerprint density at radius 2 is 2.10 bits per heavy atom. The maximum Gasteiger partial charge on any atom is 0.405 e. The molecule has 0 saturated carbocycles. The maximum atomic E-state index is 12.0. The molecule has 0 spiro atoms. The second kappa shape index (κ2) is 7.95. The van der Waals surface area contributed by atoms with E-state index in [2.05, 4.69) is 4.90 Å². The number of aliphatic hydroxyl groups excluding tert-OH is 1. The molecule has 2 unspecified atom stereocenters. The van der Waals surface area contributed by atoms with Crippen molar-refractivity contribution in [2.45, 2.75) is 38.6 Å². The number of carbonyl (C=O) groups is 1. The number of alkyl halides is 3. The molecular weight excluding hydrogens is 287 g/mol. The lowest BCUT2D eigenvalue weighted by atomic mass is 10.1. The molecule has 0 aromatic carbocycles. The fourth-order valence-corrected chi connectivity index (χ4v) is 2.53. The summed E-state index contributed by atoms with van der Waals surface area (Å²) in [4.78, 5) is 15.5. The smallest absolute Gasteiger partial charge is 0.392 e. The van der Waals surface area contributed by atoms with Gasteiger partial charge < -0.3 is 10.4 Å². The Morgan fingerprint density at radius 3 is 2.62 bits per heavy atom. The van der Waals surface area contributed by atoms with Gasteiger partial charge in [0, 0.05) is 32.2 Å². The first-order chi connectivity index (χ1) is 9.71. The summed E-state index contributed by atoms with van der Waals surface area (Å²) in [6.07, 6.45) is -3.92. The standard InChI is InChI=1S/C13H24F3N3O2/c1-3-11-7-18(4-5-19(11)6-10(2)20)8-12(21)17-9-13(14,15)16/h10-11,20H,3-9H2,1-2H3,(H,17,21). The van der Waals surface area contributed by atoms with Crippen LogP contribution in [0.5, 0.6) is 0 Å². The Bertz CT molecular complexity index is 337. The average molecular weight is 311 g/mol. The van der Waals surface area contributed by atoms with Crippen molar-refractivity contribution in [1.29, 1.82) is 0 Å². The van der Waals surface area contributed by atoms with Crippen LogP contribution < -0.4 is 5.32 Å². The van der Waals surface area contributed by atoms with Crippen LogP contribution in [-0.4, -0.2) is 78.4 Å². The van der Waals surface area contributed by atoms with Crippen LogP contribution >= 0.6 is 0 Å². The molecule has 5 nitrogen and oxygen atoms in total. The summed E-state index contributed by atoms with van der Waals surface area (Å²) in [5.74, 6) is -0.605. The van der Waals surface area contributed by atoms with Crippen molar-refractivity contribution >= 4 is 5.91 Å². The lowest BCUT2D eigenvalue weighted by molar-refractivity contribution is -0.139. The van der Waals surface area contributed by atoms with E-state index in [1.165, 1.54) is 0 Å². The Morgan fingerprint density at radius 1 is 1.43 bits per heavy atom. The van der Waals surface area contributed by atoms with Gasteiger partial charge in [-0.3, -0.25) is 14.6 Å². The number of hydrogen-bond donors (Lipinski definition) is 2. The quantitative estimate of drug-likeness (QED) is 0.747. The lowest BCUT2D eigenvalue weighted by Crippen LogP contribution is -2.56. The summed E-state index contributed by atoms with van der Waals surface area (Å²) in [5.41, 5.74) is 0. The number of nitrogens with zero attached hydrogens (tertiary/aromatic N) is 2. The highest BCUT2D eigenvalue weighted by Crippen LogP contribution is 2.14. The van der Waals surface area contributed by atoms with Crippen molar-refractivity contribution in [3.8, 4) is 0 Å². The number of halogens is 3. The second-order valence-corrected chi connectivity index (χ2v) is 5.53. The van der Waals surface area contributed by atoms with Gasteiger partial charge in [0.25, 0.3) is 0 Å². The van der Waals surface area contributed by atoms with Crippen LogP contribution in [0.1, 0.15) is 20.3 Å². The van der Waals surface area contributed by atoms with Gasteiger partial charge in [-0.15, -0.1) is 0 Å². The van der Waals surface area contributed by atoms with Crippen LogP contribution in [0.3, 0.4) is 0 Å². The molecule has 0 aromatic heterocycles. The van der Waals surface area contributed by atoms with Gasteiger partial charge in [0.05, 0.1) is 12.6 Å². The van der Waals surface area contributed by atoms with Crippen LogP contribution in [0.4, 0.5) is 13.2 Å². The summed E-state index contributed by atoms with van der Waals surface area (Å²) >= 11 is 0. The molecule has 0 radical (unpaired) electrons. The molecule has 8 heteroatoms.